The Morgan fingerprint density at radius 1 is 1.45 bits per heavy atom. The lowest BCUT2D eigenvalue weighted by molar-refractivity contribution is -0.135. The van der Waals surface area contributed by atoms with Crippen molar-refractivity contribution in [2.24, 2.45) is 11.8 Å². The van der Waals surface area contributed by atoms with Crippen LogP contribution in [0.3, 0.4) is 0 Å². The Balaban J connectivity index is 2.31. The van der Waals surface area contributed by atoms with E-state index in [1.807, 2.05) is 0 Å². The maximum absolute atomic E-state index is 13.5. The second kappa shape index (κ2) is 5.92. The molecule has 0 saturated carbocycles. The maximum atomic E-state index is 13.5. The number of halogens is 2. The number of Topliss-reactive ketones (excluding diaryl/α,β-unsaturated/α-hetero) is 1. The minimum Gasteiger partial charge on any atom is -0.310 e. The standard InChI is InChI=1S/C15H17ClFNO2/c1-9(2)14(19)10-5-4-8-18(15(10)20)12-7-3-6-11(17)13(12)16/h3,6-7,9-10H,4-5,8H2,1-2H3/t10-/m1/s1. The first kappa shape index (κ1) is 15.0. The zero-order chi connectivity index (χ0) is 14.9. The normalized spacial score (nSPS) is 19.6. The van der Waals surface area contributed by atoms with Crippen LogP contribution >= 0.6 is 11.6 Å². The average Bonchev–Trinajstić information content (AvgIpc) is 2.42. The molecule has 5 heteroatoms. The maximum Gasteiger partial charge on any atom is 0.237 e. The van der Waals surface area contributed by atoms with Crippen LogP contribution in [0.25, 0.3) is 0 Å². The van der Waals surface area contributed by atoms with Gasteiger partial charge in [-0.2, -0.15) is 0 Å². The molecule has 0 spiro atoms. The van der Waals surface area contributed by atoms with E-state index in [1.54, 1.807) is 19.9 Å². The van der Waals surface area contributed by atoms with E-state index in [-0.39, 0.29) is 22.6 Å². The van der Waals surface area contributed by atoms with Gasteiger partial charge in [-0.1, -0.05) is 31.5 Å². The number of amides is 1. The quantitative estimate of drug-likeness (QED) is 0.801. The SMILES string of the molecule is CC(C)C(=O)[C@H]1CCCN(c2cccc(F)c2Cl)C1=O. The average molecular weight is 298 g/mol. The van der Waals surface area contributed by atoms with Gasteiger partial charge in [0, 0.05) is 12.5 Å². The summed E-state index contributed by atoms with van der Waals surface area (Å²) in [6.45, 7) is 4.03. The molecule has 20 heavy (non-hydrogen) atoms. The van der Waals surface area contributed by atoms with E-state index < -0.39 is 11.7 Å². The number of hydrogen-bond donors (Lipinski definition) is 0. The summed E-state index contributed by atoms with van der Waals surface area (Å²) in [6.07, 6.45) is 1.26. The number of anilines is 1. The molecule has 1 saturated heterocycles. The highest BCUT2D eigenvalue weighted by Crippen LogP contribution is 2.33. The molecule has 0 aliphatic carbocycles. The second-order valence-electron chi connectivity index (χ2n) is 5.31. The molecule has 1 heterocycles. The van der Waals surface area contributed by atoms with Crippen molar-refractivity contribution in [1.82, 2.24) is 0 Å². The molecule has 108 valence electrons. The molecule has 1 fully saturated rings. The van der Waals surface area contributed by atoms with E-state index >= 15 is 0 Å². The molecular weight excluding hydrogens is 281 g/mol. The monoisotopic (exact) mass is 297 g/mol. The summed E-state index contributed by atoms with van der Waals surface area (Å²) in [6, 6.07) is 4.36. The molecule has 0 bridgehead atoms. The van der Waals surface area contributed by atoms with Crippen LogP contribution in [-0.4, -0.2) is 18.2 Å². The van der Waals surface area contributed by atoms with Crippen LogP contribution in [0.2, 0.25) is 5.02 Å². The smallest absolute Gasteiger partial charge is 0.237 e. The highest BCUT2D eigenvalue weighted by Gasteiger charge is 2.36. The Morgan fingerprint density at radius 2 is 2.15 bits per heavy atom. The Morgan fingerprint density at radius 3 is 2.80 bits per heavy atom. The van der Waals surface area contributed by atoms with Crippen LogP contribution in [0.5, 0.6) is 0 Å². The number of carbonyl (C=O) groups is 2. The van der Waals surface area contributed by atoms with Gasteiger partial charge in [-0.25, -0.2) is 4.39 Å². The zero-order valence-corrected chi connectivity index (χ0v) is 12.3. The van der Waals surface area contributed by atoms with Crippen LogP contribution in [-0.2, 0) is 9.59 Å². The number of benzene rings is 1. The van der Waals surface area contributed by atoms with E-state index in [0.717, 1.165) is 0 Å². The summed E-state index contributed by atoms with van der Waals surface area (Å²) in [5.41, 5.74) is 0.345. The molecule has 0 aromatic heterocycles. The topological polar surface area (TPSA) is 37.4 Å². The van der Waals surface area contributed by atoms with Crippen LogP contribution in [0.1, 0.15) is 26.7 Å². The number of piperidine rings is 1. The summed E-state index contributed by atoms with van der Waals surface area (Å²) in [4.78, 5) is 26.0. The third-order valence-electron chi connectivity index (χ3n) is 3.57. The third-order valence-corrected chi connectivity index (χ3v) is 3.95. The van der Waals surface area contributed by atoms with Crippen molar-refractivity contribution in [2.75, 3.05) is 11.4 Å². The van der Waals surface area contributed by atoms with Crippen LogP contribution in [0.4, 0.5) is 10.1 Å². The summed E-state index contributed by atoms with van der Waals surface area (Å²) < 4.78 is 13.5. The Labute approximate surface area is 122 Å². The fourth-order valence-corrected chi connectivity index (χ4v) is 2.71. The minimum atomic E-state index is -0.636. The number of rotatable bonds is 3. The lowest BCUT2D eigenvalue weighted by Gasteiger charge is -2.32. The molecule has 1 aromatic rings. The number of carbonyl (C=O) groups excluding carboxylic acids is 2. The highest BCUT2D eigenvalue weighted by atomic mass is 35.5. The molecule has 0 unspecified atom stereocenters. The van der Waals surface area contributed by atoms with Crippen molar-refractivity contribution >= 4 is 29.0 Å². The first-order chi connectivity index (χ1) is 9.43. The van der Waals surface area contributed by atoms with Crippen LogP contribution < -0.4 is 4.90 Å². The number of ketones is 1. The Hall–Kier alpha value is -1.42. The van der Waals surface area contributed by atoms with Crippen molar-refractivity contribution in [3.05, 3.63) is 29.0 Å². The van der Waals surface area contributed by atoms with E-state index in [0.29, 0.717) is 25.1 Å². The van der Waals surface area contributed by atoms with Crippen LogP contribution in [0.15, 0.2) is 18.2 Å². The van der Waals surface area contributed by atoms with Crippen molar-refractivity contribution in [2.45, 2.75) is 26.7 Å². The van der Waals surface area contributed by atoms with Crippen molar-refractivity contribution < 1.29 is 14.0 Å². The zero-order valence-electron chi connectivity index (χ0n) is 11.5. The van der Waals surface area contributed by atoms with E-state index in [4.69, 9.17) is 11.6 Å². The van der Waals surface area contributed by atoms with E-state index in [9.17, 15) is 14.0 Å². The van der Waals surface area contributed by atoms with Gasteiger partial charge in [0.25, 0.3) is 0 Å². The first-order valence-corrected chi connectivity index (χ1v) is 7.10. The molecule has 0 N–H and O–H groups in total. The lowest BCUT2D eigenvalue weighted by Crippen LogP contribution is -2.45. The fraction of sp³-hybridized carbons (Fsp3) is 0.467. The first-order valence-electron chi connectivity index (χ1n) is 6.72. The van der Waals surface area contributed by atoms with Gasteiger partial charge in [-0.3, -0.25) is 9.59 Å². The van der Waals surface area contributed by atoms with Gasteiger partial charge in [0.1, 0.15) is 16.6 Å². The number of hydrogen-bond acceptors (Lipinski definition) is 2. The van der Waals surface area contributed by atoms with Crippen LogP contribution in [0, 0.1) is 17.7 Å². The molecule has 1 atom stereocenters. The molecule has 2 rings (SSSR count). The largest absolute Gasteiger partial charge is 0.310 e. The lowest BCUT2D eigenvalue weighted by atomic mass is 9.87. The van der Waals surface area contributed by atoms with E-state index in [1.165, 1.54) is 17.0 Å². The van der Waals surface area contributed by atoms with Gasteiger partial charge >= 0.3 is 0 Å². The van der Waals surface area contributed by atoms with Gasteiger partial charge in [0.15, 0.2) is 0 Å². The van der Waals surface area contributed by atoms with Gasteiger partial charge < -0.3 is 4.90 Å². The van der Waals surface area contributed by atoms with Crippen molar-refractivity contribution in [3.8, 4) is 0 Å². The van der Waals surface area contributed by atoms with Gasteiger partial charge in [-0.05, 0) is 25.0 Å². The summed E-state index contributed by atoms with van der Waals surface area (Å²) in [5.74, 6) is -1.72. The summed E-state index contributed by atoms with van der Waals surface area (Å²) in [7, 11) is 0. The van der Waals surface area contributed by atoms with Crippen molar-refractivity contribution in [1.29, 1.82) is 0 Å². The van der Waals surface area contributed by atoms with Gasteiger partial charge in [-0.15, -0.1) is 0 Å². The molecule has 3 nitrogen and oxygen atoms in total. The fourth-order valence-electron chi connectivity index (χ4n) is 2.48. The molecular formula is C15H17ClFNO2. The number of nitrogens with zero attached hydrogens (tertiary/aromatic N) is 1. The molecule has 1 aromatic carbocycles. The van der Waals surface area contributed by atoms with Gasteiger partial charge in [0.2, 0.25) is 5.91 Å². The summed E-state index contributed by atoms with van der Waals surface area (Å²) >= 11 is 5.93. The Bertz CT molecular complexity index is 545. The molecule has 1 aliphatic heterocycles. The highest BCUT2D eigenvalue weighted by molar-refractivity contribution is 6.34. The van der Waals surface area contributed by atoms with Crippen molar-refractivity contribution in [3.63, 3.8) is 0 Å². The second-order valence-corrected chi connectivity index (χ2v) is 5.69. The third kappa shape index (κ3) is 2.70. The Kier molecular flexibility index (Phi) is 4.43. The molecule has 1 aliphatic rings. The predicted octanol–water partition coefficient (Wildman–Crippen LogP) is 3.45. The van der Waals surface area contributed by atoms with Gasteiger partial charge in [0.05, 0.1) is 11.6 Å². The molecule has 0 radical (unpaired) electrons. The minimum absolute atomic E-state index is 0.0628. The van der Waals surface area contributed by atoms with E-state index in [2.05, 4.69) is 0 Å². The summed E-state index contributed by atoms with van der Waals surface area (Å²) in [5, 5.41) is -0.0708. The molecule has 1 amide bonds. The predicted molar refractivity (Wildman–Crippen MR) is 76.3 cm³/mol.